The average Bonchev–Trinajstić information content (AvgIpc) is 2.52. The largest absolute Gasteiger partial charge is 0.444 e. The summed E-state index contributed by atoms with van der Waals surface area (Å²) in [6, 6.07) is 9.81. The van der Waals surface area contributed by atoms with Gasteiger partial charge in [0.15, 0.2) is 0 Å². The van der Waals surface area contributed by atoms with Crippen LogP contribution in [0.5, 0.6) is 0 Å². The fourth-order valence-corrected chi connectivity index (χ4v) is 2.37. The summed E-state index contributed by atoms with van der Waals surface area (Å²) in [4.78, 5) is 14.0. The molecular weight excluding hydrogens is 250 g/mol. The third-order valence-electron chi connectivity index (χ3n) is 3.52. The van der Waals surface area contributed by atoms with Gasteiger partial charge in [0, 0.05) is 12.2 Å². The van der Waals surface area contributed by atoms with Crippen molar-refractivity contribution < 1.29 is 9.53 Å². The number of hydrogen-bond donors (Lipinski definition) is 0. The van der Waals surface area contributed by atoms with E-state index in [4.69, 9.17) is 4.74 Å². The van der Waals surface area contributed by atoms with Crippen LogP contribution in [0.3, 0.4) is 0 Å². The molecule has 0 saturated carbocycles. The van der Waals surface area contributed by atoms with Crippen LogP contribution in [0, 0.1) is 0 Å². The molecule has 1 amide bonds. The van der Waals surface area contributed by atoms with E-state index in [0.717, 1.165) is 49.9 Å². The molecule has 0 aliphatic carbocycles. The van der Waals surface area contributed by atoms with Gasteiger partial charge in [-0.2, -0.15) is 0 Å². The van der Waals surface area contributed by atoms with Crippen molar-refractivity contribution in [3.8, 4) is 0 Å². The zero-order valence-corrected chi connectivity index (χ0v) is 12.2. The zero-order valence-electron chi connectivity index (χ0n) is 12.2. The van der Waals surface area contributed by atoms with Crippen molar-refractivity contribution in [1.82, 2.24) is 4.90 Å². The van der Waals surface area contributed by atoms with Crippen LogP contribution in [-0.4, -0.2) is 17.5 Å². The van der Waals surface area contributed by atoms with Crippen LogP contribution in [-0.2, 0) is 11.3 Å². The highest BCUT2D eigenvalue weighted by molar-refractivity contribution is 5.70. The maximum absolute atomic E-state index is 12.2. The van der Waals surface area contributed by atoms with Crippen LogP contribution in [0.15, 0.2) is 42.1 Å². The molecule has 0 atom stereocenters. The first-order chi connectivity index (χ1) is 9.81. The molecule has 1 aliphatic rings. The molecular formula is C17H23NO2. The lowest BCUT2D eigenvalue weighted by atomic mass is 10.1. The Balaban J connectivity index is 1.90. The number of ether oxygens (including phenoxy) is 1. The Morgan fingerprint density at radius 1 is 1.30 bits per heavy atom. The van der Waals surface area contributed by atoms with E-state index in [1.54, 1.807) is 0 Å². The molecule has 0 bridgehead atoms. The van der Waals surface area contributed by atoms with Gasteiger partial charge in [-0.25, -0.2) is 4.79 Å². The van der Waals surface area contributed by atoms with E-state index in [1.165, 1.54) is 0 Å². The minimum Gasteiger partial charge on any atom is -0.444 e. The molecule has 1 heterocycles. The monoisotopic (exact) mass is 273 g/mol. The van der Waals surface area contributed by atoms with Crippen LogP contribution < -0.4 is 0 Å². The fourth-order valence-electron chi connectivity index (χ4n) is 2.37. The molecule has 2 rings (SSSR count). The number of rotatable bonds is 5. The van der Waals surface area contributed by atoms with Crippen molar-refractivity contribution in [3.05, 3.63) is 47.7 Å². The molecule has 0 N–H and O–H groups in total. The van der Waals surface area contributed by atoms with Gasteiger partial charge >= 0.3 is 6.09 Å². The highest BCUT2D eigenvalue weighted by Crippen LogP contribution is 2.21. The Hall–Kier alpha value is -1.77. The highest BCUT2D eigenvalue weighted by Gasteiger charge is 2.21. The van der Waals surface area contributed by atoms with Gasteiger partial charge in [0.05, 0.1) is 0 Å². The van der Waals surface area contributed by atoms with E-state index in [1.807, 2.05) is 35.2 Å². The summed E-state index contributed by atoms with van der Waals surface area (Å²) in [5, 5.41) is 0. The molecule has 1 aromatic rings. The molecule has 108 valence electrons. The van der Waals surface area contributed by atoms with E-state index >= 15 is 0 Å². The van der Waals surface area contributed by atoms with Crippen LogP contribution >= 0.6 is 0 Å². The minimum absolute atomic E-state index is 0.212. The van der Waals surface area contributed by atoms with Crippen LogP contribution in [0.25, 0.3) is 0 Å². The summed E-state index contributed by atoms with van der Waals surface area (Å²) < 4.78 is 5.42. The van der Waals surface area contributed by atoms with Gasteiger partial charge in [0.1, 0.15) is 6.61 Å². The molecule has 0 radical (unpaired) electrons. The maximum Gasteiger partial charge on any atom is 0.414 e. The average molecular weight is 273 g/mol. The van der Waals surface area contributed by atoms with Gasteiger partial charge in [-0.3, -0.25) is 4.90 Å². The number of allylic oxidation sites excluding steroid dienone is 2. The minimum atomic E-state index is -0.212. The molecule has 1 aliphatic heterocycles. The summed E-state index contributed by atoms with van der Waals surface area (Å²) in [6.45, 7) is 3.29. The van der Waals surface area contributed by atoms with Gasteiger partial charge in [0.25, 0.3) is 0 Å². The molecule has 0 fully saturated rings. The molecule has 20 heavy (non-hydrogen) atoms. The van der Waals surface area contributed by atoms with Gasteiger partial charge in [-0.15, -0.1) is 0 Å². The second kappa shape index (κ2) is 7.73. The van der Waals surface area contributed by atoms with Crippen molar-refractivity contribution in [2.75, 3.05) is 6.54 Å². The lowest BCUT2D eigenvalue weighted by Crippen LogP contribution is -2.33. The van der Waals surface area contributed by atoms with Gasteiger partial charge < -0.3 is 4.74 Å². The van der Waals surface area contributed by atoms with Gasteiger partial charge in [-0.05, 0) is 31.2 Å². The van der Waals surface area contributed by atoms with Gasteiger partial charge in [-0.1, -0.05) is 49.8 Å². The first kappa shape index (κ1) is 14.6. The number of hydrogen-bond acceptors (Lipinski definition) is 2. The van der Waals surface area contributed by atoms with E-state index < -0.39 is 0 Å². The molecule has 0 aromatic heterocycles. The Bertz CT molecular complexity index is 453. The summed E-state index contributed by atoms with van der Waals surface area (Å²) in [5.74, 6) is 0. The highest BCUT2D eigenvalue weighted by atomic mass is 16.6. The van der Waals surface area contributed by atoms with E-state index in [0.29, 0.717) is 6.61 Å². The number of carbonyl (C=O) groups is 1. The maximum atomic E-state index is 12.2. The second-order valence-electron chi connectivity index (χ2n) is 5.13. The number of carbonyl (C=O) groups excluding carboxylic acids is 1. The predicted molar refractivity (Wildman–Crippen MR) is 80.2 cm³/mol. The van der Waals surface area contributed by atoms with Crippen LogP contribution in [0.1, 0.15) is 44.6 Å². The fraction of sp³-hybridized carbons (Fsp3) is 0.471. The number of benzene rings is 1. The standard InChI is InChI=1S/C17H23NO2/c1-2-3-11-16-12-7-8-13-18(16)17(19)20-14-15-9-5-4-6-10-15/h4-6,9-10,12H,2-3,7-8,11,13-14H2,1H3. The third-order valence-corrected chi connectivity index (χ3v) is 3.52. The van der Waals surface area contributed by atoms with Crippen molar-refractivity contribution in [2.24, 2.45) is 0 Å². The number of amides is 1. The van der Waals surface area contributed by atoms with Crippen molar-refractivity contribution in [1.29, 1.82) is 0 Å². The van der Waals surface area contributed by atoms with E-state index in [9.17, 15) is 4.79 Å². The lowest BCUT2D eigenvalue weighted by molar-refractivity contribution is 0.104. The number of unbranched alkanes of at least 4 members (excludes halogenated alkanes) is 1. The first-order valence-electron chi connectivity index (χ1n) is 7.48. The Kier molecular flexibility index (Phi) is 5.66. The smallest absolute Gasteiger partial charge is 0.414 e. The summed E-state index contributed by atoms with van der Waals surface area (Å²) in [7, 11) is 0. The van der Waals surface area contributed by atoms with Crippen molar-refractivity contribution in [3.63, 3.8) is 0 Å². The quantitative estimate of drug-likeness (QED) is 0.791. The normalized spacial score (nSPS) is 14.8. The SMILES string of the molecule is CCCCC1=CCCCN1C(=O)OCc1ccccc1. The lowest BCUT2D eigenvalue weighted by Gasteiger charge is -2.28. The Morgan fingerprint density at radius 2 is 2.10 bits per heavy atom. The Morgan fingerprint density at radius 3 is 2.85 bits per heavy atom. The summed E-state index contributed by atoms with van der Waals surface area (Å²) in [6.07, 6.45) is 7.30. The molecule has 0 saturated heterocycles. The molecule has 3 heteroatoms. The zero-order chi connectivity index (χ0) is 14.2. The van der Waals surface area contributed by atoms with Crippen molar-refractivity contribution in [2.45, 2.75) is 45.6 Å². The van der Waals surface area contributed by atoms with E-state index in [2.05, 4.69) is 13.0 Å². The molecule has 3 nitrogen and oxygen atoms in total. The van der Waals surface area contributed by atoms with Gasteiger partial charge in [0.2, 0.25) is 0 Å². The predicted octanol–water partition coefficient (Wildman–Crippen LogP) is 4.49. The summed E-state index contributed by atoms with van der Waals surface area (Å²) >= 11 is 0. The Labute approximate surface area is 121 Å². The third kappa shape index (κ3) is 4.12. The second-order valence-corrected chi connectivity index (χ2v) is 5.13. The first-order valence-corrected chi connectivity index (χ1v) is 7.48. The van der Waals surface area contributed by atoms with Crippen LogP contribution in [0.2, 0.25) is 0 Å². The van der Waals surface area contributed by atoms with E-state index in [-0.39, 0.29) is 6.09 Å². The molecule has 0 unspecified atom stereocenters. The topological polar surface area (TPSA) is 29.5 Å². The molecule has 1 aromatic carbocycles. The summed E-state index contributed by atoms with van der Waals surface area (Å²) in [5.41, 5.74) is 2.16. The molecule has 0 spiro atoms. The number of nitrogens with zero attached hydrogens (tertiary/aromatic N) is 1. The van der Waals surface area contributed by atoms with Crippen molar-refractivity contribution >= 4 is 6.09 Å². The van der Waals surface area contributed by atoms with Crippen LogP contribution in [0.4, 0.5) is 4.79 Å².